The third kappa shape index (κ3) is 4.85. The number of carbonyl (C=O) groups is 1. The molecular formula is C23H20F3N5O2. The van der Waals surface area contributed by atoms with Crippen molar-refractivity contribution in [2.45, 2.75) is 19.6 Å². The van der Waals surface area contributed by atoms with E-state index in [2.05, 4.69) is 20.3 Å². The molecule has 2 N–H and O–H groups in total. The largest absolute Gasteiger partial charge is 0.416 e. The Morgan fingerprint density at radius 3 is 2.55 bits per heavy atom. The summed E-state index contributed by atoms with van der Waals surface area (Å²) in [6.45, 7) is 1.84. The van der Waals surface area contributed by atoms with E-state index in [4.69, 9.17) is 0 Å². The molecule has 0 radical (unpaired) electrons. The van der Waals surface area contributed by atoms with Gasteiger partial charge in [0.2, 0.25) is 0 Å². The average Bonchev–Trinajstić information content (AvgIpc) is 3.20. The molecule has 170 valence electrons. The molecule has 0 spiro atoms. The molecule has 0 aliphatic carbocycles. The Labute approximate surface area is 186 Å². The highest BCUT2D eigenvalue weighted by Crippen LogP contribution is 2.30. The summed E-state index contributed by atoms with van der Waals surface area (Å²) < 4.78 is 40.3. The number of aromatic nitrogens is 4. The van der Waals surface area contributed by atoms with Crippen molar-refractivity contribution >= 4 is 22.8 Å². The number of alkyl halides is 3. The molecule has 7 nitrogen and oxygen atoms in total. The fourth-order valence-electron chi connectivity index (χ4n) is 3.36. The Hall–Kier alpha value is -3.79. The van der Waals surface area contributed by atoms with Crippen LogP contribution in [0.2, 0.25) is 0 Å². The molecular weight excluding hydrogens is 435 g/mol. The van der Waals surface area contributed by atoms with Gasteiger partial charge in [0.1, 0.15) is 5.52 Å². The zero-order valence-electron chi connectivity index (χ0n) is 17.6. The number of nitrogens with one attached hydrogen (secondary N) is 1. The van der Waals surface area contributed by atoms with Crippen molar-refractivity contribution in [3.8, 4) is 11.4 Å². The monoisotopic (exact) mass is 455 g/mol. The lowest BCUT2D eigenvalue weighted by atomic mass is 10.1. The number of ketones is 1. The zero-order valence-corrected chi connectivity index (χ0v) is 17.6. The van der Waals surface area contributed by atoms with Gasteiger partial charge in [-0.1, -0.05) is 30.3 Å². The van der Waals surface area contributed by atoms with Crippen LogP contribution >= 0.6 is 0 Å². The minimum Gasteiger partial charge on any atom is -0.395 e. The lowest BCUT2D eigenvalue weighted by Crippen LogP contribution is -2.09. The fourth-order valence-corrected chi connectivity index (χ4v) is 3.36. The van der Waals surface area contributed by atoms with E-state index in [-0.39, 0.29) is 25.5 Å². The molecule has 0 amide bonds. The maximum absolute atomic E-state index is 12.9. The van der Waals surface area contributed by atoms with Crippen molar-refractivity contribution in [2.75, 3.05) is 18.5 Å². The maximum Gasteiger partial charge on any atom is 0.416 e. The molecule has 10 heteroatoms. The van der Waals surface area contributed by atoms with Gasteiger partial charge in [0.25, 0.3) is 0 Å². The second-order valence-electron chi connectivity index (χ2n) is 7.42. The SMILES string of the molecule is CC(=O)c1cccc(-c2nc(NCCO)c3ncn(Cc4ccc(C(F)(F)F)cc4)c3n2)c1. The third-order valence-corrected chi connectivity index (χ3v) is 5.03. The highest BCUT2D eigenvalue weighted by Gasteiger charge is 2.30. The van der Waals surface area contributed by atoms with Crippen LogP contribution in [0.4, 0.5) is 19.0 Å². The fraction of sp³-hybridized carbons (Fsp3) is 0.217. The van der Waals surface area contributed by atoms with Crippen LogP contribution in [0.15, 0.2) is 54.9 Å². The van der Waals surface area contributed by atoms with Gasteiger partial charge in [-0.25, -0.2) is 15.0 Å². The van der Waals surface area contributed by atoms with Crippen molar-refractivity contribution in [3.05, 3.63) is 71.5 Å². The van der Waals surface area contributed by atoms with Gasteiger partial charge in [-0.3, -0.25) is 4.79 Å². The first-order valence-electron chi connectivity index (χ1n) is 10.1. The van der Waals surface area contributed by atoms with Crippen LogP contribution in [0.25, 0.3) is 22.6 Å². The van der Waals surface area contributed by atoms with Gasteiger partial charge in [0.05, 0.1) is 25.0 Å². The predicted octanol–water partition coefficient (Wildman–Crippen LogP) is 4.17. The van der Waals surface area contributed by atoms with E-state index in [1.165, 1.54) is 25.4 Å². The van der Waals surface area contributed by atoms with Gasteiger partial charge in [0.15, 0.2) is 23.1 Å². The number of fused-ring (bicyclic) bond motifs is 1. The highest BCUT2D eigenvalue weighted by atomic mass is 19.4. The second-order valence-corrected chi connectivity index (χ2v) is 7.42. The molecule has 0 aliphatic rings. The Morgan fingerprint density at radius 2 is 1.88 bits per heavy atom. The number of nitrogens with zero attached hydrogens (tertiary/aromatic N) is 4. The number of aliphatic hydroxyl groups is 1. The van der Waals surface area contributed by atoms with E-state index in [9.17, 15) is 23.1 Å². The topological polar surface area (TPSA) is 92.9 Å². The molecule has 33 heavy (non-hydrogen) atoms. The quantitative estimate of drug-likeness (QED) is 0.407. The van der Waals surface area contributed by atoms with E-state index in [0.717, 1.165) is 12.1 Å². The maximum atomic E-state index is 12.9. The molecule has 0 unspecified atom stereocenters. The summed E-state index contributed by atoms with van der Waals surface area (Å²) in [6.07, 6.45) is -2.86. The lowest BCUT2D eigenvalue weighted by molar-refractivity contribution is -0.137. The van der Waals surface area contributed by atoms with E-state index in [1.807, 2.05) is 0 Å². The number of Topliss-reactive ketones (excluding diaryl/α,β-unsaturated/α-hetero) is 1. The average molecular weight is 455 g/mol. The molecule has 0 bridgehead atoms. The molecule has 0 saturated heterocycles. The van der Waals surface area contributed by atoms with Crippen LogP contribution in [0, 0.1) is 0 Å². The van der Waals surface area contributed by atoms with Gasteiger partial charge in [-0.05, 0) is 30.7 Å². The van der Waals surface area contributed by atoms with Crippen LogP contribution in [0.5, 0.6) is 0 Å². The summed E-state index contributed by atoms with van der Waals surface area (Å²) in [5, 5.41) is 12.2. The van der Waals surface area contributed by atoms with Crippen LogP contribution < -0.4 is 5.32 Å². The van der Waals surface area contributed by atoms with Crippen molar-refractivity contribution in [2.24, 2.45) is 0 Å². The van der Waals surface area contributed by atoms with Crippen LogP contribution in [0.1, 0.15) is 28.4 Å². The molecule has 0 saturated carbocycles. The number of aliphatic hydroxyl groups excluding tert-OH is 1. The molecule has 0 atom stereocenters. The summed E-state index contributed by atoms with van der Waals surface area (Å²) in [7, 11) is 0. The molecule has 2 heterocycles. The summed E-state index contributed by atoms with van der Waals surface area (Å²) >= 11 is 0. The smallest absolute Gasteiger partial charge is 0.395 e. The minimum absolute atomic E-state index is 0.0936. The van der Waals surface area contributed by atoms with Gasteiger partial charge in [0, 0.05) is 17.7 Å². The first kappa shape index (κ1) is 22.4. The van der Waals surface area contributed by atoms with E-state index >= 15 is 0 Å². The van der Waals surface area contributed by atoms with Crippen LogP contribution in [-0.2, 0) is 12.7 Å². The number of imidazole rings is 1. The van der Waals surface area contributed by atoms with Gasteiger partial charge in [-0.2, -0.15) is 13.2 Å². The normalized spacial score (nSPS) is 11.7. The summed E-state index contributed by atoms with van der Waals surface area (Å²) in [6, 6.07) is 11.8. The van der Waals surface area contributed by atoms with E-state index in [1.54, 1.807) is 28.8 Å². The summed E-state index contributed by atoms with van der Waals surface area (Å²) in [5.74, 6) is 0.660. The van der Waals surface area contributed by atoms with Crippen molar-refractivity contribution in [1.29, 1.82) is 0 Å². The van der Waals surface area contributed by atoms with Crippen LogP contribution in [0.3, 0.4) is 0 Å². The van der Waals surface area contributed by atoms with E-state index in [0.29, 0.717) is 39.5 Å². The zero-order chi connectivity index (χ0) is 23.6. The number of carbonyl (C=O) groups excluding carboxylic acids is 1. The number of halogens is 3. The predicted molar refractivity (Wildman–Crippen MR) is 117 cm³/mol. The Morgan fingerprint density at radius 1 is 1.12 bits per heavy atom. The van der Waals surface area contributed by atoms with Gasteiger partial charge in [-0.15, -0.1) is 0 Å². The molecule has 0 fully saturated rings. The van der Waals surface area contributed by atoms with Crippen molar-refractivity contribution in [1.82, 2.24) is 19.5 Å². The number of benzene rings is 2. The molecule has 4 rings (SSSR count). The second kappa shape index (κ2) is 8.99. The minimum atomic E-state index is -4.40. The summed E-state index contributed by atoms with van der Waals surface area (Å²) in [4.78, 5) is 25.3. The number of hydrogen-bond donors (Lipinski definition) is 2. The number of rotatable bonds is 7. The van der Waals surface area contributed by atoms with Crippen molar-refractivity contribution < 1.29 is 23.1 Å². The molecule has 4 aromatic rings. The number of hydrogen-bond acceptors (Lipinski definition) is 6. The molecule has 2 aromatic heterocycles. The van der Waals surface area contributed by atoms with Crippen LogP contribution in [-0.4, -0.2) is 43.6 Å². The third-order valence-electron chi connectivity index (χ3n) is 5.03. The molecule has 0 aliphatic heterocycles. The van der Waals surface area contributed by atoms with Gasteiger partial charge >= 0.3 is 6.18 Å². The number of anilines is 1. The standard InChI is InChI=1S/C23H20F3N5O2/c1-14(33)16-3-2-4-17(11-16)20-29-21(27-9-10-32)19-22(30-20)31(13-28-19)12-15-5-7-18(8-6-15)23(24,25)26/h2-8,11,13,32H,9-10,12H2,1H3,(H,27,29,30). The lowest BCUT2D eigenvalue weighted by Gasteiger charge is -2.10. The Kier molecular flexibility index (Phi) is 6.10. The van der Waals surface area contributed by atoms with Crippen molar-refractivity contribution in [3.63, 3.8) is 0 Å². The van der Waals surface area contributed by atoms with E-state index < -0.39 is 11.7 Å². The molecule has 2 aromatic carbocycles. The Balaban J connectivity index is 1.76. The first-order valence-corrected chi connectivity index (χ1v) is 10.1. The highest BCUT2D eigenvalue weighted by molar-refractivity contribution is 5.95. The van der Waals surface area contributed by atoms with Gasteiger partial charge < -0.3 is 15.0 Å². The summed E-state index contributed by atoms with van der Waals surface area (Å²) in [5.41, 5.74) is 1.99. The Bertz CT molecular complexity index is 1300. The first-order chi connectivity index (χ1) is 15.8.